The van der Waals surface area contributed by atoms with E-state index in [4.69, 9.17) is 0 Å². The highest BCUT2D eigenvalue weighted by molar-refractivity contribution is 5.12. The Labute approximate surface area is 118 Å². The maximum atomic E-state index is 4.12. The van der Waals surface area contributed by atoms with E-state index in [0.29, 0.717) is 11.5 Å². The van der Waals surface area contributed by atoms with Gasteiger partial charge in [-0.2, -0.15) is 0 Å². The lowest BCUT2D eigenvalue weighted by Gasteiger charge is -2.43. The van der Waals surface area contributed by atoms with Crippen LogP contribution in [0.4, 0.5) is 0 Å². The lowest BCUT2D eigenvalue weighted by molar-refractivity contribution is 0.0987. The van der Waals surface area contributed by atoms with Crippen molar-refractivity contribution in [3.8, 4) is 0 Å². The monoisotopic (exact) mass is 260 g/mol. The van der Waals surface area contributed by atoms with E-state index < -0.39 is 0 Å². The van der Waals surface area contributed by atoms with Gasteiger partial charge in [0, 0.05) is 18.4 Å². The minimum Gasteiger partial charge on any atom is -0.314 e. The molecule has 1 heterocycles. The van der Waals surface area contributed by atoms with Crippen molar-refractivity contribution in [2.24, 2.45) is 11.3 Å². The number of pyridine rings is 1. The zero-order valence-electron chi connectivity index (χ0n) is 12.7. The van der Waals surface area contributed by atoms with Gasteiger partial charge in [-0.1, -0.05) is 33.6 Å². The van der Waals surface area contributed by atoms with E-state index in [-0.39, 0.29) is 0 Å². The van der Waals surface area contributed by atoms with Gasteiger partial charge in [0.1, 0.15) is 0 Å². The smallest absolute Gasteiger partial charge is 0.0270 e. The van der Waals surface area contributed by atoms with Gasteiger partial charge in [-0.3, -0.25) is 4.98 Å². The van der Waals surface area contributed by atoms with Crippen molar-refractivity contribution in [3.05, 3.63) is 30.1 Å². The minimum absolute atomic E-state index is 0.470. The van der Waals surface area contributed by atoms with Crippen LogP contribution >= 0.6 is 0 Å². The summed E-state index contributed by atoms with van der Waals surface area (Å²) < 4.78 is 0. The Morgan fingerprint density at radius 1 is 1.32 bits per heavy atom. The van der Waals surface area contributed by atoms with Crippen LogP contribution in [0.25, 0.3) is 0 Å². The van der Waals surface area contributed by atoms with Gasteiger partial charge in [-0.25, -0.2) is 0 Å². The number of hydrogen-bond donors (Lipinski definition) is 1. The van der Waals surface area contributed by atoms with Crippen molar-refractivity contribution in [1.82, 2.24) is 10.3 Å². The molecule has 0 aromatic carbocycles. The molecule has 1 aliphatic rings. The van der Waals surface area contributed by atoms with E-state index in [1.165, 1.54) is 31.2 Å². The van der Waals surface area contributed by atoms with Crippen LogP contribution in [0, 0.1) is 11.3 Å². The highest BCUT2D eigenvalue weighted by atomic mass is 14.9. The summed E-state index contributed by atoms with van der Waals surface area (Å²) in [5, 5.41) is 3.74. The van der Waals surface area contributed by atoms with Crippen LogP contribution in [0.15, 0.2) is 24.5 Å². The third-order valence-corrected chi connectivity index (χ3v) is 4.75. The fourth-order valence-corrected chi connectivity index (χ4v) is 3.66. The summed E-state index contributed by atoms with van der Waals surface area (Å²) in [5.74, 6) is 0.786. The van der Waals surface area contributed by atoms with Gasteiger partial charge in [-0.05, 0) is 54.8 Å². The fraction of sp³-hybridized carbons (Fsp3) is 0.706. The van der Waals surface area contributed by atoms with Gasteiger partial charge in [0.05, 0.1) is 0 Å². The summed E-state index contributed by atoms with van der Waals surface area (Å²) in [7, 11) is 0. The van der Waals surface area contributed by atoms with Crippen molar-refractivity contribution in [2.75, 3.05) is 6.54 Å². The molecule has 1 aromatic heterocycles. The van der Waals surface area contributed by atoms with E-state index in [9.17, 15) is 0 Å². The van der Waals surface area contributed by atoms with Crippen LogP contribution in [0.5, 0.6) is 0 Å². The Bertz CT molecular complexity index is 372. The predicted molar refractivity (Wildman–Crippen MR) is 81.1 cm³/mol. The number of nitrogens with one attached hydrogen (secondary N) is 1. The molecule has 2 atom stereocenters. The van der Waals surface area contributed by atoms with Gasteiger partial charge in [-0.15, -0.1) is 0 Å². The summed E-state index contributed by atoms with van der Waals surface area (Å²) in [6.45, 7) is 8.18. The van der Waals surface area contributed by atoms with Gasteiger partial charge < -0.3 is 5.32 Å². The Morgan fingerprint density at radius 3 is 2.68 bits per heavy atom. The number of hydrogen-bond acceptors (Lipinski definition) is 2. The van der Waals surface area contributed by atoms with Crippen molar-refractivity contribution >= 4 is 0 Å². The maximum Gasteiger partial charge on any atom is 0.0270 e. The third kappa shape index (κ3) is 3.79. The van der Waals surface area contributed by atoms with E-state index >= 15 is 0 Å². The molecule has 2 rings (SSSR count). The molecule has 0 bridgehead atoms. The lowest BCUT2D eigenvalue weighted by atomic mass is 9.65. The molecule has 2 unspecified atom stereocenters. The van der Waals surface area contributed by atoms with Crippen LogP contribution in [0.3, 0.4) is 0 Å². The molecule has 0 saturated heterocycles. The van der Waals surface area contributed by atoms with E-state index in [1.807, 2.05) is 12.4 Å². The molecule has 0 amide bonds. The number of rotatable bonds is 5. The van der Waals surface area contributed by atoms with Crippen molar-refractivity contribution in [3.63, 3.8) is 0 Å². The average molecular weight is 260 g/mol. The highest BCUT2D eigenvalue weighted by Crippen LogP contribution is 2.42. The molecule has 2 nitrogen and oxygen atoms in total. The summed E-state index contributed by atoms with van der Waals surface area (Å²) >= 11 is 0. The van der Waals surface area contributed by atoms with Gasteiger partial charge in [0.25, 0.3) is 0 Å². The zero-order valence-corrected chi connectivity index (χ0v) is 12.7. The molecule has 106 valence electrons. The Morgan fingerprint density at radius 2 is 2.05 bits per heavy atom. The van der Waals surface area contributed by atoms with Crippen LogP contribution in [-0.2, 0) is 6.42 Å². The van der Waals surface area contributed by atoms with Gasteiger partial charge in [0.15, 0.2) is 0 Å². The normalized spacial score (nSPS) is 24.1. The molecular formula is C17H28N2. The van der Waals surface area contributed by atoms with Crippen LogP contribution in [-0.4, -0.2) is 17.6 Å². The topological polar surface area (TPSA) is 24.9 Å². The van der Waals surface area contributed by atoms with Crippen molar-refractivity contribution < 1.29 is 0 Å². The number of likely N-dealkylation sites (N-methyl/N-ethyl adjacent to an activating group) is 1. The first-order chi connectivity index (χ1) is 9.13. The molecule has 2 heteroatoms. The molecular weight excluding hydrogens is 232 g/mol. The lowest BCUT2D eigenvalue weighted by Crippen LogP contribution is -2.46. The van der Waals surface area contributed by atoms with Gasteiger partial charge in [0.2, 0.25) is 0 Å². The largest absolute Gasteiger partial charge is 0.314 e. The molecule has 0 spiro atoms. The fourth-order valence-electron chi connectivity index (χ4n) is 3.66. The molecule has 0 radical (unpaired) electrons. The Balaban J connectivity index is 2.10. The van der Waals surface area contributed by atoms with E-state index in [0.717, 1.165) is 18.9 Å². The number of nitrogens with zero attached hydrogens (tertiary/aromatic N) is 1. The second kappa shape index (κ2) is 6.51. The quantitative estimate of drug-likeness (QED) is 0.870. The standard InChI is InChI=1S/C17H28N2/c1-4-19-16(13-14-8-11-18-12-9-14)15-7-5-6-10-17(15,2)3/h8-9,11-12,15-16,19H,4-7,10,13H2,1-3H3. The third-order valence-electron chi connectivity index (χ3n) is 4.75. The number of aromatic nitrogens is 1. The van der Waals surface area contributed by atoms with Crippen molar-refractivity contribution in [1.29, 1.82) is 0 Å². The maximum absolute atomic E-state index is 4.12. The summed E-state index contributed by atoms with van der Waals surface area (Å²) in [6, 6.07) is 4.91. The molecule has 0 aliphatic heterocycles. The van der Waals surface area contributed by atoms with Crippen LogP contribution in [0.2, 0.25) is 0 Å². The predicted octanol–water partition coefficient (Wildman–Crippen LogP) is 3.82. The first kappa shape index (κ1) is 14.5. The molecule has 1 fully saturated rings. The molecule has 19 heavy (non-hydrogen) atoms. The molecule has 1 saturated carbocycles. The second-order valence-corrected chi connectivity index (χ2v) is 6.56. The SMILES string of the molecule is CCNC(Cc1ccncc1)C1CCCCC1(C)C. The summed E-state index contributed by atoms with van der Waals surface area (Å²) in [5.41, 5.74) is 1.88. The van der Waals surface area contributed by atoms with E-state index in [1.54, 1.807) is 0 Å². The highest BCUT2D eigenvalue weighted by Gasteiger charge is 2.37. The molecule has 1 aromatic rings. The van der Waals surface area contributed by atoms with Crippen LogP contribution < -0.4 is 5.32 Å². The first-order valence-corrected chi connectivity index (χ1v) is 7.76. The summed E-state index contributed by atoms with van der Waals surface area (Å²) in [4.78, 5) is 4.12. The molecule has 1 N–H and O–H groups in total. The minimum atomic E-state index is 0.470. The Hall–Kier alpha value is -0.890. The zero-order chi connectivity index (χ0) is 13.7. The molecule has 1 aliphatic carbocycles. The second-order valence-electron chi connectivity index (χ2n) is 6.56. The van der Waals surface area contributed by atoms with Gasteiger partial charge >= 0.3 is 0 Å². The van der Waals surface area contributed by atoms with E-state index in [2.05, 4.69) is 43.2 Å². The van der Waals surface area contributed by atoms with Crippen LogP contribution in [0.1, 0.15) is 52.0 Å². The average Bonchev–Trinajstić information content (AvgIpc) is 2.39. The van der Waals surface area contributed by atoms with Crippen molar-refractivity contribution in [2.45, 2.75) is 58.9 Å². The Kier molecular flexibility index (Phi) is 4.98. The first-order valence-electron chi connectivity index (χ1n) is 7.76. The summed E-state index contributed by atoms with van der Waals surface area (Å²) in [6.07, 6.45) is 10.5.